The summed E-state index contributed by atoms with van der Waals surface area (Å²) in [6, 6.07) is 3.95. The molecule has 0 aromatic heterocycles. The molecular weight excluding hydrogens is 254 g/mol. The quantitative estimate of drug-likeness (QED) is 0.833. The van der Waals surface area contributed by atoms with Gasteiger partial charge in [-0.15, -0.1) is 0 Å². The molecule has 1 aliphatic rings. The van der Waals surface area contributed by atoms with E-state index in [-0.39, 0.29) is 0 Å². The number of rotatable bonds is 7. The zero-order chi connectivity index (χ0) is 14.4. The second kappa shape index (κ2) is 7.39. The van der Waals surface area contributed by atoms with Gasteiger partial charge in [0.2, 0.25) is 5.75 Å². The summed E-state index contributed by atoms with van der Waals surface area (Å²) < 4.78 is 16.2. The number of hydrogen-bond acceptors (Lipinski definition) is 4. The van der Waals surface area contributed by atoms with Crippen LogP contribution in [0.25, 0.3) is 0 Å². The van der Waals surface area contributed by atoms with Crippen molar-refractivity contribution in [3.63, 3.8) is 0 Å². The van der Waals surface area contributed by atoms with Crippen LogP contribution in [-0.4, -0.2) is 27.9 Å². The summed E-state index contributed by atoms with van der Waals surface area (Å²) in [4.78, 5) is 0. The number of nitrogens with one attached hydrogen (secondary N) is 1. The van der Waals surface area contributed by atoms with Gasteiger partial charge in [-0.2, -0.15) is 0 Å². The van der Waals surface area contributed by atoms with Gasteiger partial charge in [0.15, 0.2) is 11.5 Å². The fourth-order valence-corrected chi connectivity index (χ4v) is 2.93. The number of methoxy groups -OCH3 is 3. The second-order valence-electron chi connectivity index (χ2n) is 5.27. The fourth-order valence-electron chi connectivity index (χ4n) is 2.93. The lowest BCUT2D eigenvalue weighted by Crippen LogP contribution is -2.21. The van der Waals surface area contributed by atoms with Crippen LogP contribution in [0.15, 0.2) is 12.1 Å². The molecule has 0 bridgehead atoms. The average molecular weight is 279 g/mol. The standard InChI is InChI=1S/C16H25NO3/c1-18-14-9-8-13(15(19-2)16(14)20-3)11-17-10-12-6-4-5-7-12/h8-9,12,17H,4-7,10-11H2,1-3H3. The van der Waals surface area contributed by atoms with E-state index in [4.69, 9.17) is 14.2 Å². The minimum absolute atomic E-state index is 0.662. The lowest BCUT2D eigenvalue weighted by molar-refractivity contribution is 0.321. The Morgan fingerprint density at radius 3 is 2.30 bits per heavy atom. The molecular formula is C16H25NO3. The molecule has 20 heavy (non-hydrogen) atoms. The van der Waals surface area contributed by atoms with Gasteiger partial charge in [0.1, 0.15) is 0 Å². The van der Waals surface area contributed by atoms with Gasteiger partial charge < -0.3 is 19.5 Å². The second-order valence-corrected chi connectivity index (χ2v) is 5.27. The summed E-state index contributed by atoms with van der Waals surface area (Å²) >= 11 is 0. The van der Waals surface area contributed by atoms with Gasteiger partial charge in [-0.1, -0.05) is 18.9 Å². The summed E-state index contributed by atoms with van der Waals surface area (Å²) in [6.45, 7) is 1.87. The summed E-state index contributed by atoms with van der Waals surface area (Å²) in [6.07, 6.45) is 5.48. The van der Waals surface area contributed by atoms with E-state index in [1.165, 1.54) is 25.7 Å². The molecule has 4 heteroatoms. The highest BCUT2D eigenvalue weighted by molar-refractivity contribution is 5.55. The van der Waals surface area contributed by atoms with Crippen LogP contribution in [0.1, 0.15) is 31.2 Å². The normalized spacial score (nSPS) is 15.3. The van der Waals surface area contributed by atoms with Crippen LogP contribution in [-0.2, 0) is 6.54 Å². The molecule has 1 aliphatic carbocycles. The lowest BCUT2D eigenvalue weighted by atomic mass is 10.1. The van der Waals surface area contributed by atoms with E-state index >= 15 is 0 Å². The van der Waals surface area contributed by atoms with E-state index in [2.05, 4.69) is 5.32 Å². The third-order valence-electron chi connectivity index (χ3n) is 4.01. The Morgan fingerprint density at radius 2 is 1.70 bits per heavy atom. The van der Waals surface area contributed by atoms with Crippen molar-refractivity contribution in [1.29, 1.82) is 0 Å². The SMILES string of the molecule is COc1ccc(CNCC2CCCC2)c(OC)c1OC. The molecule has 1 fully saturated rings. The van der Waals surface area contributed by atoms with Crippen LogP contribution < -0.4 is 19.5 Å². The molecule has 0 radical (unpaired) electrons. The monoisotopic (exact) mass is 279 g/mol. The fraction of sp³-hybridized carbons (Fsp3) is 0.625. The molecule has 1 saturated carbocycles. The van der Waals surface area contributed by atoms with Crippen LogP contribution in [0, 0.1) is 5.92 Å². The molecule has 0 amide bonds. The Balaban J connectivity index is 2.02. The first-order valence-electron chi connectivity index (χ1n) is 7.28. The minimum atomic E-state index is 0.662. The van der Waals surface area contributed by atoms with Crippen LogP contribution in [0.4, 0.5) is 0 Å². The van der Waals surface area contributed by atoms with E-state index < -0.39 is 0 Å². The molecule has 0 aliphatic heterocycles. The van der Waals surface area contributed by atoms with Gasteiger partial charge in [0, 0.05) is 12.1 Å². The van der Waals surface area contributed by atoms with Crippen molar-refractivity contribution in [3.05, 3.63) is 17.7 Å². The molecule has 0 unspecified atom stereocenters. The Labute approximate surface area is 121 Å². The van der Waals surface area contributed by atoms with Gasteiger partial charge in [0.05, 0.1) is 21.3 Å². The summed E-state index contributed by atoms with van der Waals surface area (Å²) in [5, 5.41) is 3.53. The van der Waals surface area contributed by atoms with Gasteiger partial charge in [-0.3, -0.25) is 0 Å². The molecule has 1 aromatic rings. The first kappa shape index (κ1) is 15.0. The van der Waals surface area contributed by atoms with Crippen molar-refractivity contribution in [2.24, 2.45) is 5.92 Å². The van der Waals surface area contributed by atoms with Gasteiger partial charge in [-0.25, -0.2) is 0 Å². The van der Waals surface area contributed by atoms with Crippen molar-refractivity contribution in [3.8, 4) is 17.2 Å². The molecule has 0 spiro atoms. The Bertz CT molecular complexity index is 428. The Hall–Kier alpha value is -1.42. The maximum Gasteiger partial charge on any atom is 0.203 e. The highest BCUT2D eigenvalue weighted by atomic mass is 16.5. The number of hydrogen-bond donors (Lipinski definition) is 1. The zero-order valence-electron chi connectivity index (χ0n) is 12.7. The molecule has 0 atom stereocenters. The molecule has 1 N–H and O–H groups in total. The number of ether oxygens (including phenoxy) is 3. The van der Waals surface area contributed by atoms with Crippen molar-refractivity contribution >= 4 is 0 Å². The topological polar surface area (TPSA) is 39.7 Å². The van der Waals surface area contributed by atoms with Crippen LogP contribution in [0.5, 0.6) is 17.2 Å². The lowest BCUT2D eigenvalue weighted by Gasteiger charge is -2.17. The maximum absolute atomic E-state index is 5.49. The summed E-state index contributed by atoms with van der Waals surface area (Å²) in [7, 11) is 4.93. The third kappa shape index (κ3) is 3.37. The highest BCUT2D eigenvalue weighted by Crippen LogP contribution is 2.39. The van der Waals surface area contributed by atoms with Crippen LogP contribution in [0.3, 0.4) is 0 Å². The number of benzene rings is 1. The van der Waals surface area contributed by atoms with Gasteiger partial charge >= 0.3 is 0 Å². The van der Waals surface area contributed by atoms with E-state index in [1.807, 2.05) is 12.1 Å². The molecule has 112 valence electrons. The first-order chi connectivity index (χ1) is 9.80. The van der Waals surface area contributed by atoms with E-state index in [9.17, 15) is 0 Å². The minimum Gasteiger partial charge on any atom is -0.493 e. The maximum atomic E-state index is 5.49. The largest absolute Gasteiger partial charge is 0.493 e. The third-order valence-corrected chi connectivity index (χ3v) is 4.01. The molecule has 0 heterocycles. The van der Waals surface area contributed by atoms with Crippen molar-refractivity contribution in [2.75, 3.05) is 27.9 Å². The Morgan fingerprint density at radius 1 is 1.00 bits per heavy atom. The van der Waals surface area contributed by atoms with Crippen molar-refractivity contribution in [1.82, 2.24) is 5.32 Å². The molecule has 1 aromatic carbocycles. The summed E-state index contributed by atoms with van der Waals surface area (Å²) in [5.74, 6) is 2.95. The molecule has 2 rings (SSSR count). The predicted molar refractivity (Wildman–Crippen MR) is 79.8 cm³/mol. The van der Waals surface area contributed by atoms with E-state index in [0.29, 0.717) is 11.5 Å². The first-order valence-corrected chi connectivity index (χ1v) is 7.28. The van der Waals surface area contributed by atoms with Gasteiger partial charge in [0.25, 0.3) is 0 Å². The highest BCUT2D eigenvalue weighted by Gasteiger charge is 2.17. The van der Waals surface area contributed by atoms with Gasteiger partial charge in [-0.05, 0) is 31.4 Å². The molecule has 0 saturated heterocycles. The van der Waals surface area contributed by atoms with Crippen molar-refractivity contribution < 1.29 is 14.2 Å². The average Bonchev–Trinajstić information content (AvgIpc) is 2.99. The van der Waals surface area contributed by atoms with E-state index in [0.717, 1.165) is 30.3 Å². The van der Waals surface area contributed by atoms with Crippen molar-refractivity contribution in [2.45, 2.75) is 32.2 Å². The predicted octanol–water partition coefficient (Wildman–Crippen LogP) is 2.99. The van der Waals surface area contributed by atoms with Crippen LogP contribution >= 0.6 is 0 Å². The smallest absolute Gasteiger partial charge is 0.203 e. The van der Waals surface area contributed by atoms with Crippen LogP contribution in [0.2, 0.25) is 0 Å². The zero-order valence-corrected chi connectivity index (χ0v) is 12.7. The Kier molecular flexibility index (Phi) is 5.53. The van der Waals surface area contributed by atoms with E-state index in [1.54, 1.807) is 21.3 Å². The molecule has 4 nitrogen and oxygen atoms in total. The summed E-state index contributed by atoms with van der Waals surface area (Å²) in [5.41, 5.74) is 1.10.